The topological polar surface area (TPSA) is 77.6 Å². The number of aryl methyl sites for hydroxylation is 2. The van der Waals surface area contributed by atoms with Crippen molar-refractivity contribution in [2.24, 2.45) is 7.05 Å². The van der Waals surface area contributed by atoms with E-state index >= 15 is 0 Å². The minimum absolute atomic E-state index is 0.129. The van der Waals surface area contributed by atoms with Gasteiger partial charge in [-0.05, 0) is 52.0 Å². The van der Waals surface area contributed by atoms with Crippen molar-refractivity contribution < 1.29 is 4.79 Å². The first kappa shape index (κ1) is 20.5. The molecule has 1 amide bonds. The fraction of sp³-hybridized carbons (Fsp3) is 0.250. The lowest BCUT2D eigenvalue weighted by molar-refractivity contribution is 0.0940. The van der Waals surface area contributed by atoms with Crippen LogP contribution in [-0.2, 0) is 7.05 Å². The highest BCUT2D eigenvalue weighted by molar-refractivity contribution is 5.94. The number of aromatic nitrogens is 5. The standard InChI is InChI=1S/C24H26N6O/c1-15-6-12-21(13-7-15)30-17(3)22(14-25-30)16(2)26-24(31)20-10-8-19(9-11-20)23-28-27-18(4)29(23)5/h6-14,16H,1-5H3,(H,26,31). The van der Waals surface area contributed by atoms with Crippen LogP contribution >= 0.6 is 0 Å². The number of benzene rings is 2. The molecule has 0 bridgehead atoms. The van der Waals surface area contributed by atoms with Crippen molar-refractivity contribution in [3.63, 3.8) is 0 Å². The van der Waals surface area contributed by atoms with Gasteiger partial charge in [0, 0.05) is 29.4 Å². The van der Waals surface area contributed by atoms with E-state index in [1.54, 1.807) is 0 Å². The third-order valence-corrected chi connectivity index (χ3v) is 5.64. The van der Waals surface area contributed by atoms with Crippen molar-refractivity contribution in [1.82, 2.24) is 29.9 Å². The predicted octanol–water partition coefficient (Wildman–Crippen LogP) is 4.08. The highest BCUT2D eigenvalue weighted by Gasteiger charge is 2.17. The normalized spacial score (nSPS) is 12.0. The highest BCUT2D eigenvalue weighted by Crippen LogP contribution is 2.22. The Labute approximate surface area is 181 Å². The van der Waals surface area contributed by atoms with Gasteiger partial charge in [-0.3, -0.25) is 4.79 Å². The van der Waals surface area contributed by atoms with Gasteiger partial charge < -0.3 is 9.88 Å². The molecular weight excluding hydrogens is 388 g/mol. The molecular formula is C24H26N6O. The fourth-order valence-corrected chi connectivity index (χ4v) is 3.58. The molecule has 7 nitrogen and oxygen atoms in total. The average Bonchev–Trinajstić information content (AvgIpc) is 3.31. The van der Waals surface area contributed by atoms with Crippen LogP contribution in [-0.4, -0.2) is 30.5 Å². The van der Waals surface area contributed by atoms with Gasteiger partial charge in [-0.25, -0.2) is 4.68 Å². The number of amides is 1. The molecule has 2 aromatic heterocycles. The fourth-order valence-electron chi connectivity index (χ4n) is 3.58. The summed E-state index contributed by atoms with van der Waals surface area (Å²) in [6, 6.07) is 15.4. The maximum Gasteiger partial charge on any atom is 0.251 e. The van der Waals surface area contributed by atoms with Gasteiger partial charge in [-0.2, -0.15) is 5.10 Å². The van der Waals surface area contributed by atoms with E-state index in [0.717, 1.165) is 34.2 Å². The average molecular weight is 415 g/mol. The second-order valence-electron chi connectivity index (χ2n) is 7.84. The highest BCUT2D eigenvalue weighted by atomic mass is 16.1. The summed E-state index contributed by atoms with van der Waals surface area (Å²) in [6.07, 6.45) is 1.82. The van der Waals surface area contributed by atoms with Gasteiger partial charge in [-0.1, -0.05) is 29.8 Å². The van der Waals surface area contributed by atoms with Crippen LogP contribution in [0.1, 0.15) is 46.0 Å². The van der Waals surface area contributed by atoms with Crippen LogP contribution in [0.5, 0.6) is 0 Å². The van der Waals surface area contributed by atoms with Gasteiger partial charge in [0.25, 0.3) is 5.91 Å². The lowest BCUT2D eigenvalue weighted by Gasteiger charge is -2.14. The van der Waals surface area contributed by atoms with E-state index in [4.69, 9.17) is 0 Å². The molecule has 7 heteroatoms. The molecule has 1 N–H and O–H groups in total. The van der Waals surface area contributed by atoms with Crippen LogP contribution in [0.3, 0.4) is 0 Å². The first-order chi connectivity index (χ1) is 14.8. The van der Waals surface area contributed by atoms with Gasteiger partial charge in [0.15, 0.2) is 5.82 Å². The Morgan fingerprint density at radius 2 is 1.65 bits per heavy atom. The minimum Gasteiger partial charge on any atom is -0.345 e. The molecule has 0 saturated carbocycles. The SMILES string of the molecule is Cc1ccc(-n2ncc(C(C)NC(=O)c3ccc(-c4nnc(C)n4C)cc3)c2C)cc1. The van der Waals surface area contributed by atoms with E-state index < -0.39 is 0 Å². The summed E-state index contributed by atoms with van der Waals surface area (Å²) in [5.74, 6) is 1.49. The van der Waals surface area contributed by atoms with E-state index in [9.17, 15) is 4.79 Å². The number of carbonyl (C=O) groups is 1. The van der Waals surface area contributed by atoms with Crippen LogP contribution in [0.4, 0.5) is 0 Å². The second kappa shape index (κ2) is 8.18. The number of hydrogen-bond acceptors (Lipinski definition) is 4. The molecule has 158 valence electrons. The van der Waals surface area contributed by atoms with Crippen molar-refractivity contribution in [2.75, 3.05) is 0 Å². The maximum absolute atomic E-state index is 12.8. The maximum atomic E-state index is 12.8. The monoisotopic (exact) mass is 414 g/mol. The second-order valence-corrected chi connectivity index (χ2v) is 7.84. The Balaban J connectivity index is 1.49. The molecule has 2 aromatic carbocycles. The van der Waals surface area contributed by atoms with Gasteiger partial charge in [0.1, 0.15) is 5.82 Å². The molecule has 1 atom stereocenters. The molecule has 1 unspecified atom stereocenters. The van der Waals surface area contributed by atoms with Crippen LogP contribution in [0.2, 0.25) is 0 Å². The largest absolute Gasteiger partial charge is 0.345 e. The molecule has 31 heavy (non-hydrogen) atoms. The molecule has 0 fully saturated rings. The lowest BCUT2D eigenvalue weighted by atomic mass is 10.1. The quantitative estimate of drug-likeness (QED) is 0.534. The number of hydrogen-bond donors (Lipinski definition) is 1. The van der Waals surface area contributed by atoms with Gasteiger partial charge >= 0.3 is 0 Å². The van der Waals surface area contributed by atoms with E-state index in [1.165, 1.54) is 5.56 Å². The van der Waals surface area contributed by atoms with Crippen molar-refractivity contribution in [3.8, 4) is 17.1 Å². The molecule has 0 aliphatic carbocycles. The summed E-state index contributed by atoms with van der Waals surface area (Å²) in [5, 5.41) is 15.9. The Morgan fingerprint density at radius 1 is 0.968 bits per heavy atom. The minimum atomic E-state index is -0.173. The number of carbonyl (C=O) groups excluding carboxylic acids is 1. The molecule has 4 aromatic rings. The molecule has 0 aliphatic heterocycles. The van der Waals surface area contributed by atoms with Crippen LogP contribution < -0.4 is 5.32 Å². The smallest absolute Gasteiger partial charge is 0.251 e. The van der Waals surface area contributed by atoms with Crippen molar-refractivity contribution in [2.45, 2.75) is 33.7 Å². The zero-order chi connectivity index (χ0) is 22.1. The molecule has 0 spiro atoms. The van der Waals surface area contributed by atoms with Crippen molar-refractivity contribution in [3.05, 3.63) is 82.9 Å². The third kappa shape index (κ3) is 3.99. The number of nitrogens with zero attached hydrogens (tertiary/aromatic N) is 5. The van der Waals surface area contributed by atoms with E-state index in [2.05, 4.69) is 39.7 Å². The zero-order valence-corrected chi connectivity index (χ0v) is 18.4. The van der Waals surface area contributed by atoms with E-state index in [0.29, 0.717) is 5.56 Å². The Morgan fingerprint density at radius 3 is 2.26 bits per heavy atom. The van der Waals surface area contributed by atoms with Gasteiger partial charge in [0.05, 0.1) is 17.9 Å². The molecule has 2 heterocycles. The van der Waals surface area contributed by atoms with Gasteiger partial charge in [0.2, 0.25) is 0 Å². The van der Waals surface area contributed by atoms with Crippen LogP contribution in [0, 0.1) is 20.8 Å². The Kier molecular flexibility index (Phi) is 5.42. The summed E-state index contributed by atoms with van der Waals surface area (Å²) in [4.78, 5) is 12.8. The predicted molar refractivity (Wildman–Crippen MR) is 120 cm³/mol. The number of rotatable bonds is 5. The zero-order valence-electron chi connectivity index (χ0n) is 18.4. The van der Waals surface area contributed by atoms with Crippen molar-refractivity contribution in [1.29, 1.82) is 0 Å². The molecule has 0 saturated heterocycles. The van der Waals surface area contributed by atoms with Gasteiger partial charge in [-0.15, -0.1) is 10.2 Å². The summed E-state index contributed by atoms with van der Waals surface area (Å²) in [6.45, 7) is 7.95. The molecule has 0 aliphatic rings. The summed E-state index contributed by atoms with van der Waals surface area (Å²) in [7, 11) is 1.92. The molecule has 0 radical (unpaired) electrons. The Hall–Kier alpha value is -3.74. The summed E-state index contributed by atoms with van der Waals surface area (Å²) >= 11 is 0. The third-order valence-electron chi connectivity index (χ3n) is 5.64. The first-order valence-corrected chi connectivity index (χ1v) is 10.2. The van der Waals surface area contributed by atoms with E-state index in [1.807, 2.05) is 79.7 Å². The Bertz CT molecular complexity index is 1220. The van der Waals surface area contributed by atoms with E-state index in [-0.39, 0.29) is 11.9 Å². The van der Waals surface area contributed by atoms with Crippen LogP contribution in [0.15, 0.2) is 54.7 Å². The lowest BCUT2D eigenvalue weighted by Crippen LogP contribution is -2.26. The van der Waals surface area contributed by atoms with Crippen LogP contribution in [0.25, 0.3) is 17.1 Å². The summed E-state index contributed by atoms with van der Waals surface area (Å²) < 4.78 is 3.82. The van der Waals surface area contributed by atoms with Crippen molar-refractivity contribution >= 4 is 5.91 Å². The molecule has 4 rings (SSSR count). The number of nitrogens with one attached hydrogen (secondary N) is 1. The first-order valence-electron chi connectivity index (χ1n) is 10.2. The summed E-state index contributed by atoms with van der Waals surface area (Å²) in [5.41, 5.74) is 5.71.